The summed E-state index contributed by atoms with van der Waals surface area (Å²) in [6, 6.07) is 5.96. The number of aryl methyl sites for hydroxylation is 2. The first-order valence-electron chi connectivity index (χ1n) is 9.14. The number of rotatable bonds is 6. The Morgan fingerprint density at radius 3 is 2.63 bits per heavy atom. The van der Waals surface area contributed by atoms with Crippen LogP contribution in [0, 0.1) is 5.82 Å². The van der Waals surface area contributed by atoms with Crippen LogP contribution in [-0.2, 0) is 24.7 Å². The van der Waals surface area contributed by atoms with Crippen LogP contribution < -0.4 is 10.9 Å². The molecule has 3 aromatic rings. The van der Waals surface area contributed by atoms with Gasteiger partial charge in [-0.1, -0.05) is 6.07 Å². The van der Waals surface area contributed by atoms with Gasteiger partial charge in [-0.05, 0) is 47.7 Å². The molecule has 1 amide bonds. The lowest BCUT2D eigenvalue weighted by Crippen LogP contribution is -2.25. The summed E-state index contributed by atoms with van der Waals surface area (Å²) in [7, 11) is 2.93. The van der Waals surface area contributed by atoms with Crippen molar-refractivity contribution in [3.8, 4) is 5.75 Å². The Balaban J connectivity index is 2.02. The van der Waals surface area contributed by atoms with Crippen molar-refractivity contribution in [3.63, 3.8) is 0 Å². The lowest BCUT2D eigenvalue weighted by molar-refractivity contribution is -0.120. The van der Waals surface area contributed by atoms with E-state index in [1.807, 2.05) is 0 Å². The number of fused-ring (bicyclic) bond motifs is 1. The van der Waals surface area contributed by atoms with E-state index in [0.717, 1.165) is 10.1 Å². The van der Waals surface area contributed by atoms with Crippen LogP contribution in [0.1, 0.15) is 33.5 Å². The van der Waals surface area contributed by atoms with Crippen molar-refractivity contribution in [2.45, 2.75) is 19.3 Å². The summed E-state index contributed by atoms with van der Waals surface area (Å²) in [5.74, 6) is -2.78. The molecule has 8 nitrogen and oxygen atoms in total. The standard InChI is InChI=1S/C21H20FN3O5/c1-23-16(26)6-4-13-9-14(22)5-3-12(13)7-11-8-15-18(24-10-11)19(27)17(21(29)30)20(28)25(15)2/h3,5,8-10,27H,4,6-7H2,1-2H3,(H,23,26)(H,29,30). The van der Waals surface area contributed by atoms with Crippen molar-refractivity contribution >= 4 is 22.9 Å². The molecule has 0 aliphatic rings. The Morgan fingerprint density at radius 2 is 1.97 bits per heavy atom. The van der Waals surface area contributed by atoms with Crippen LogP contribution in [0.5, 0.6) is 5.75 Å². The SMILES string of the molecule is CNC(=O)CCc1cc(F)ccc1Cc1cnc2c(O)c(C(=O)O)c(=O)n(C)c2c1. The fourth-order valence-corrected chi connectivity index (χ4v) is 3.31. The van der Waals surface area contributed by atoms with Gasteiger partial charge in [0, 0.05) is 26.7 Å². The van der Waals surface area contributed by atoms with Crippen molar-refractivity contribution < 1.29 is 24.2 Å². The molecular weight excluding hydrogens is 393 g/mol. The van der Waals surface area contributed by atoms with Crippen molar-refractivity contribution in [2.24, 2.45) is 7.05 Å². The normalized spacial score (nSPS) is 10.9. The second-order valence-electron chi connectivity index (χ2n) is 6.87. The maximum absolute atomic E-state index is 13.7. The maximum atomic E-state index is 13.7. The van der Waals surface area contributed by atoms with Crippen LogP contribution in [0.2, 0.25) is 0 Å². The first-order chi connectivity index (χ1) is 14.2. The number of halogens is 1. The van der Waals surface area contributed by atoms with Gasteiger partial charge in [0.05, 0.1) is 5.52 Å². The molecule has 30 heavy (non-hydrogen) atoms. The van der Waals surface area contributed by atoms with Crippen LogP contribution in [-0.4, -0.2) is 38.7 Å². The fraction of sp³-hybridized carbons (Fsp3) is 0.238. The van der Waals surface area contributed by atoms with Crippen molar-refractivity contribution in [2.75, 3.05) is 7.05 Å². The zero-order valence-corrected chi connectivity index (χ0v) is 16.4. The number of nitrogens with zero attached hydrogens (tertiary/aromatic N) is 2. The first kappa shape index (κ1) is 21.0. The van der Waals surface area contributed by atoms with Gasteiger partial charge in [0.15, 0.2) is 11.3 Å². The minimum atomic E-state index is -1.53. The lowest BCUT2D eigenvalue weighted by Gasteiger charge is -2.12. The molecule has 9 heteroatoms. The molecule has 3 rings (SSSR count). The zero-order chi connectivity index (χ0) is 22.0. The van der Waals surface area contributed by atoms with Crippen molar-refractivity contribution in [3.05, 3.63) is 68.9 Å². The topological polar surface area (TPSA) is 122 Å². The molecule has 0 aliphatic heterocycles. The number of aromatic hydroxyl groups is 1. The number of hydrogen-bond donors (Lipinski definition) is 3. The summed E-state index contributed by atoms with van der Waals surface area (Å²) in [4.78, 5) is 39.3. The fourth-order valence-electron chi connectivity index (χ4n) is 3.31. The van der Waals surface area contributed by atoms with E-state index in [1.165, 1.54) is 32.4 Å². The molecule has 0 atom stereocenters. The molecule has 0 spiro atoms. The van der Waals surface area contributed by atoms with E-state index in [2.05, 4.69) is 10.3 Å². The highest BCUT2D eigenvalue weighted by atomic mass is 19.1. The van der Waals surface area contributed by atoms with E-state index < -0.39 is 28.7 Å². The number of carboxylic acid groups (broad SMARTS) is 1. The molecule has 2 heterocycles. The number of aromatic nitrogens is 2. The third-order valence-electron chi connectivity index (χ3n) is 4.94. The number of benzene rings is 1. The third kappa shape index (κ3) is 4.00. The monoisotopic (exact) mass is 413 g/mol. The summed E-state index contributed by atoms with van der Waals surface area (Å²) in [5.41, 5.74) is 0.827. The van der Waals surface area contributed by atoms with Gasteiger partial charge >= 0.3 is 5.97 Å². The van der Waals surface area contributed by atoms with Gasteiger partial charge in [-0.2, -0.15) is 0 Å². The molecule has 2 aromatic heterocycles. The molecule has 0 unspecified atom stereocenters. The average Bonchev–Trinajstić information content (AvgIpc) is 2.71. The van der Waals surface area contributed by atoms with Gasteiger partial charge in [0.2, 0.25) is 5.91 Å². The predicted octanol–water partition coefficient (Wildman–Crippen LogP) is 1.75. The van der Waals surface area contributed by atoms with Crippen molar-refractivity contribution in [1.29, 1.82) is 0 Å². The van der Waals surface area contributed by atoms with E-state index in [1.54, 1.807) is 12.1 Å². The van der Waals surface area contributed by atoms with Crippen LogP contribution >= 0.6 is 0 Å². The number of carbonyl (C=O) groups excluding carboxylic acids is 1. The predicted molar refractivity (Wildman–Crippen MR) is 107 cm³/mol. The molecule has 1 aromatic carbocycles. The highest BCUT2D eigenvalue weighted by molar-refractivity contribution is 5.97. The van der Waals surface area contributed by atoms with E-state index >= 15 is 0 Å². The molecule has 0 saturated heterocycles. The van der Waals surface area contributed by atoms with Crippen LogP contribution in [0.15, 0.2) is 35.3 Å². The third-order valence-corrected chi connectivity index (χ3v) is 4.94. The van der Waals surface area contributed by atoms with Gasteiger partial charge in [0.25, 0.3) is 5.56 Å². The number of hydrogen-bond acceptors (Lipinski definition) is 5. The molecule has 0 fully saturated rings. The highest BCUT2D eigenvalue weighted by Crippen LogP contribution is 2.26. The van der Waals surface area contributed by atoms with Gasteiger partial charge in [0.1, 0.15) is 11.3 Å². The van der Waals surface area contributed by atoms with E-state index in [-0.39, 0.29) is 23.4 Å². The second kappa shape index (κ2) is 8.32. The molecule has 0 aliphatic carbocycles. The Morgan fingerprint density at radius 1 is 1.23 bits per heavy atom. The summed E-state index contributed by atoms with van der Waals surface area (Å²) >= 11 is 0. The van der Waals surface area contributed by atoms with Gasteiger partial charge in [-0.15, -0.1) is 0 Å². The molecule has 3 N–H and O–H groups in total. The molecule has 0 saturated carbocycles. The molecule has 0 radical (unpaired) electrons. The summed E-state index contributed by atoms with van der Waals surface area (Å²) in [5, 5.41) is 21.9. The smallest absolute Gasteiger partial charge is 0.345 e. The second-order valence-corrected chi connectivity index (χ2v) is 6.87. The van der Waals surface area contributed by atoms with E-state index in [4.69, 9.17) is 0 Å². The summed E-state index contributed by atoms with van der Waals surface area (Å²) in [6.45, 7) is 0. The summed E-state index contributed by atoms with van der Waals surface area (Å²) < 4.78 is 14.8. The molecule has 156 valence electrons. The Bertz CT molecular complexity index is 1220. The van der Waals surface area contributed by atoms with Gasteiger partial charge in [-0.25, -0.2) is 9.18 Å². The van der Waals surface area contributed by atoms with E-state index in [9.17, 15) is 29.0 Å². The van der Waals surface area contributed by atoms with Crippen molar-refractivity contribution in [1.82, 2.24) is 14.9 Å². The molecular formula is C21H20FN3O5. The number of pyridine rings is 2. The first-order valence-corrected chi connectivity index (χ1v) is 9.14. The minimum absolute atomic E-state index is 0.00260. The largest absolute Gasteiger partial charge is 0.505 e. The van der Waals surface area contributed by atoms with Crippen LogP contribution in [0.4, 0.5) is 4.39 Å². The lowest BCUT2D eigenvalue weighted by atomic mass is 9.97. The van der Waals surface area contributed by atoms with Gasteiger partial charge in [-0.3, -0.25) is 14.6 Å². The number of nitrogens with one attached hydrogen (secondary N) is 1. The quantitative estimate of drug-likeness (QED) is 0.566. The van der Waals surface area contributed by atoms with Crippen LogP contribution in [0.3, 0.4) is 0 Å². The maximum Gasteiger partial charge on any atom is 0.345 e. The highest BCUT2D eigenvalue weighted by Gasteiger charge is 2.21. The zero-order valence-electron chi connectivity index (χ0n) is 16.4. The number of amides is 1. The Hall–Kier alpha value is -3.75. The minimum Gasteiger partial charge on any atom is -0.505 e. The van der Waals surface area contributed by atoms with Crippen LogP contribution in [0.25, 0.3) is 11.0 Å². The average molecular weight is 413 g/mol. The Kier molecular flexibility index (Phi) is 5.81. The van der Waals surface area contributed by atoms with Gasteiger partial charge < -0.3 is 20.1 Å². The number of carbonyl (C=O) groups is 2. The number of carboxylic acids is 1. The number of aromatic carboxylic acids is 1. The molecule has 0 bridgehead atoms. The Labute approximate surface area is 170 Å². The summed E-state index contributed by atoms with van der Waals surface area (Å²) in [6.07, 6.45) is 2.38. The van der Waals surface area contributed by atoms with E-state index in [0.29, 0.717) is 24.0 Å².